The molecular weight excluding hydrogens is 429 g/mol. The van der Waals surface area contributed by atoms with Gasteiger partial charge in [-0.3, -0.25) is 4.79 Å². The van der Waals surface area contributed by atoms with E-state index in [-0.39, 0.29) is 16.6 Å². The van der Waals surface area contributed by atoms with E-state index in [9.17, 15) is 13.2 Å². The second-order valence-corrected chi connectivity index (χ2v) is 7.50. The molecule has 0 atom stereocenters. The van der Waals surface area contributed by atoms with Crippen molar-refractivity contribution in [2.45, 2.75) is 24.7 Å². The SMILES string of the molecule is CCCC(=O)Nc1ccc(S(=O)(=O)Oc2ccccc2I)cc1. The molecule has 0 bridgehead atoms. The third kappa shape index (κ3) is 4.93. The highest BCUT2D eigenvalue weighted by molar-refractivity contribution is 14.1. The maximum atomic E-state index is 12.3. The topological polar surface area (TPSA) is 72.5 Å². The zero-order chi connectivity index (χ0) is 16.9. The number of anilines is 1. The second kappa shape index (κ2) is 7.78. The van der Waals surface area contributed by atoms with Gasteiger partial charge in [0.05, 0.1) is 3.57 Å². The van der Waals surface area contributed by atoms with Crippen LogP contribution in [0.1, 0.15) is 19.8 Å². The van der Waals surface area contributed by atoms with Crippen molar-refractivity contribution in [1.29, 1.82) is 0 Å². The maximum absolute atomic E-state index is 12.3. The number of carbonyl (C=O) groups excluding carboxylic acids is 1. The number of halogens is 1. The predicted octanol–water partition coefficient (Wildman–Crippen LogP) is 3.80. The minimum absolute atomic E-state index is 0.0330. The first-order chi connectivity index (χ1) is 10.9. The lowest BCUT2D eigenvalue weighted by atomic mass is 10.3. The quantitative estimate of drug-likeness (QED) is 0.543. The fraction of sp³-hybridized carbons (Fsp3) is 0.188. The van der Waals surface area contributed by atoms with Gasteiger partial charge in [0.15, 0.2) is 5.75 Å². The Labute approximate surface area is 149 Å². The van der Waals surface area contributed by atoms with Crippen LogP contribution < -0.4 is 9.50 Å². The number of carbonyl (C=O) groups is 1. The van der Waals surface area contributed by atoms with Crippen molar-refractivity contribution in [3.8, 4) is 5.75 Å². The Hall–Kier alpha value is -1.61. The summed E-state index contributed by atoms with van der Waals surface area (Å²) in [7, 11) is -3.91. The van der Waals surface area contributed by atoms with Gasteiger partial charge in [-0.1, -0.05) is 19.1 Å². The molecule has 0 saturated carbocycles. The number of amides is 1. The van der Waals surface area contributed by atoms with Crippen molar-refractivity contribution in [3.05, 3.63) is 52.1 Å². The number of para-hydroxylation sites is 1. The summed E-state index contributed by atoms with van der Waals surface area (Å²) < 4.78 is 30.4. The predicted molar refractivity (Wildman–Crippen MR) is 97.0 cm³/mol. The van der Waals surface area contributed by atoms with E-state index < -0.39 is 10.1 Å². The molecule has 7 heteroatoms. The van der Waals surface area contributed by atoms with Gasteiger partial charge in [-0.15, -0.1) is 0 Å². The van der Waals surface area contributed by atoms with E-state index in [4.69, 9.17) is 4.18 Å². The summed E-state index contributed by atoms with van der Waals surface area (Å²) in [6.45, 7) is 1.91. The summed E-state index contributed by atoms with van der Waals surface area (Å²) >= 11 is 2.01. The van der Waals surface area contributed by atoms with Crippen LogP contribution in [0.25, 0.3) is 0 Å². The van der Waals surface area contributed by atoms with Gasteiger partial charge in [0.2, 0.25) is 5.91 Å². The Morgan fingerprint density at radius 2 is 1.78 bits per heavy atom. The van der Waals surface area contributed by atoms with Gasteiger partial charge in [0.1, 0.15) is 4.90 Å². The average molecular weight is 445 g/mol. The molecule has 0 saturated heterocycles. The van der Waals surface area contributed by atoms with Crippen LogP contribution in [0.5, 0.6) is 5.75 Å². The third-order valence-electron chi connectivity index (χ3n) is 2.94. The Kier molecular flexibility index (Phi) is 6.00. The molecule has 2 rings (SSSR count). The molecule has 122 valence electrons. The molecule has 0 heterocycles. The maximum Gasteiger partial charge on any atom is 0.339 e. The van der Waals surface area contributed by atoms with Crippen LogP contribution in [0.15, 0.2) is 53.4 Å². The van der Waals surface area contributed by atoms with Gasteiger partial charge in [-0.25, -0.2) is 0 Å². The Bertz CT molecular complexity index is 788. The molecule has 0 radical (unpaired) electrons. The fourth-order valence-corrected chi connectivity index (χ4v) is 3.43. The highest BCUT2D eigenvalue weighted by Gasteiger charge is 2.18. The molecule has 0 fully saturated rings. The number of hydrogen-bond donors (Lipinski definition) is 1. The van der Waals surface area contributed by atoms with E-state index in [0.717, 1.165) is 6.42 Å². The summed E-state index contributed by atoms with van der Waals surface area (Å²) in [5, 5.41) is 2.70. The van der Waals surface area contributed by atoms with E-state index in [0.29, 0.717) is 15.7 Å². The summed E-state index contributed by atoms with van der Waals surface area (Å²) in [5.74, 6) is 0.187. The van der Waals surface area contributed by atoms with Crippen LogP contribution in [0, 0.1) is 3.57 Å². The molecule has 2 aromatic rings. The molecular formula is C16H16INO4S. The van der Waals surface area contributed by atoms with E-state index in [1.54, 1.807) is 36.4 Å². The average Bonchev–Trinajstić information content (AvgIpc) is 2.50. The first-order valence-electron chi connectivity index (χ1n) is 7.01. The Morgan fingerprint density at radius 1 is 1.13 bits per heavy atom. The Balaban J connectivity index is 2.14. The molecule has 0 aliphatic rings. The normalized spacial score (nSPS) is 11.0. The first-order valence-corrected chi connectivity index (χ1v) is 9.50. The first kappa shape index (κ1) is 17.7. The van der Waals surface area contributed by atoms with Crippen molar-refractivity contribution >= 4 is 44.3 Å². The minimum Gasteiger partial charge on any atom is -0.378 e. The Morgan fingerprint density at radius 3 is 2.39 bits per heavy atom. The number of nitrogens with one attached hydrogen (secondary N) is 1. The van der Waals surface area contributed by atoms with Crippen molar-refractivity contribution < 1.29 is 17.4 Å². The van der Waals surface area contributed by atoms with Crippen molar-refractivity contribution in [2.75, 3.05) is 5.32 Å². The largest absolute Gasteiger partial charge is 0.378 e. The fourth-order valence-electron chi connectivity index (χ4n) is 1.83. The van der Waals surface area contributed by atoms with Crippen molar-refractivity contribution in [2.24, 2.45) is 0 Å². The van der Waals surface area contributed by atoms with Crippen LogP contribution in [0.2, 0.25) is 0 Å². The molecule has 0 aromatic heterocycles. The number of benzene rings is 2. The highest BCUT2D eigenvalue weighted by Crippen LogP contribution is 2.24. The lowest BCUT2D eigenvalue weighted by Gasteiger charge is -2.09. The molecule has 0 unspecified atom stereocenters. The smallest absolute Gasteiger partial charge is 0.339 e. The molecule has 23 heavy (non-hydrogen) atoms. The highest BCUT2D eigenvalue weighted by atomic mass is 127. The van der Waals surface area contributed by atoms with Crippen LogP contribution in [0.4, 0.5) is 5.69 Å². The van der Waals surface area contributed by atoms with Crippen molar-refractivity contribution in [1.82, 2.24) is 0 Å². The lowest BCUT2D eigenvalue weighted by molar-refractivity contribution is -0.116. The van der Waals surface area contributed by atoms with Gasteiger partial charge in [-0.2, -0.15) is 8.42 Å². The molecule has 0 aliphatic carbocycles. The number of hydrogen-bond acceptors (Lipinski definition) is 4. The van der Waals surface area contributed by atoms with Gasteiger partial charge in [0.25, 0.3) is 0 Å². The van der Waals surface area contributed by atoms with Crippen molar-refractivity contribution in [3.63, 3.8) is 0 Å². The zero-order valence-electron chi connectivity index (χ0n) is 12.5. The van der Waals surface area contributed by atoms with Crippen LogP contribution in [-0.4, -0.2) is 14.3 Å². The zero-order valence-corrected chi connectivity index (χ0v) is 15.4. The van der Waals surface area contributed by atoms with Crippen LogP contribution >= 0.6 is 22.6 Å². The van der Waals surface area contributed by atoms with Crippen LogP contribution in [0.3, 0.4) is 0 Å². The van der Waals surface area contributed by atoms with E-state index in [1.165, 1.54) is 12.1 Å². The third-order valence-corrected chi connectivity index (χ3v) is 5.08. The molecule has 0 aliphatic heterocycles. The van der Waals surface area contributed by atoms with Crippen LogP contribution in [-0.2, 0) is 14.9 Å². The summed E-state index contributed by atoms with van der Waals surface area (Å²) in [4.78, 5) is 11.6. The van der Waals surface area contributed by atoms with Gasteiger partial charge >= 0.3 is 10.1 Å². The van der Waals surface area contributed by atoms with Gasteiger partial charge < -0.3 is 9.50 Å². The summed E-state index contributed by atoms with van der Waals surface area (Å²) in [6.07, 6.45) is 1.18. The molecule has 5 nitrogen and oxygen atoms in total. The summed E-state index contributed by atoms with van der Waals surface area (Å²) in [5.41, 5.74) is 0.552. The molecule has 1 N–H and O–H groups in total. The van der Waals surface area contributed by atoms with E-state index in [2.05, 4.69) is 5.32 Å². The molecule has 1 amide bonds. The number of rotatable bonds is 6. The monoisotopic (exact) mass is 445 g/mol. The lowest BCUT2D eigenvalue weighted by Crippen LogP contribution is -2.12. The van der Waals surface area contributed by atoms with E-state index >= 15 is 0 Å². The molecule has 0 spiro atoms. The van der Waals surface area contributed by atoms with Gasteiger partial charge in [-0.05, 0) is 65.4 Å². The van der Waals surface area contributed by atoms with E-state index in [1.807, 2.05) is 29.5 Å². The standard InChI is InChI=1S/C16H16INO4S/c1-2-5-16(19)18-12-8-10-13(11-9-12)23(20,21)22-15-7-4-3-6-14(15)17/h3-4,6-11H,2,5H2,1H3,(H,18,19). The summed E-state index contributed by atoms with van der Waals surface area (Å²) in [6, 6.07) is 12.8. The second-order valence-electron chi connectivity index (χ2n) is 4.79. The minimum atomic E-state index is -3.91. The molecule has 2 aromatic carbocycles. The van der Waals surface area contributed by atoms with Gasteiger partial charge in [0, 0.05) is 12.1 Å².